The van der Waals surface area contributed by atoms with Gasteiger partial charge in [0.15, 0.2) is 0 Å². The molecular formula is C24H22ClFN2O3S. The second-order valence-electron chi connectivity index (χ2n) is 7.60. The molecule has 0 radical (unpaired) electrons. The molecule has 166 valence electrons. The molecule has 1 aromatic heterocycles. The first-order valence-corrected chi connectivity index (χ1v) is 11.4. The molecular weight excluding hydrogens is 451 g/mol. The van der Waals surface area contributed by atoms with Gasteiger partial charge in [0.25, 0.3) is 11.8 Å². The average molecular weight is 473 g/mol. The summed E-state index contributed by atoms with van der Waals surface area (Å²) in [7, 11) is 1.48. The third kappa shape index (κ3) is 4.49. The summed E-state index contributed by atoms with van der Waals surface area (Å²) in [5, 5.41) is 2.75. The highest BCUT2D eigenvalue weighted by Gasteiger charge is 2.26. The van der Waals surface area contributed by atoms with Crippen LogP contribution in [0.25, 0.3) is 0 Å². The Balaban J connectivity index is 1.61. The molecule has 0 bridgehead atoms. The van der Waals surface area contributed by atoms with Crippen LogP contribution in [0, 0.1) is 12.7 Å². The zero-order valence-electron chi connectivity index (χ0n) is 17.7. The van der Waals surface area contributed by atoms with Crippen LogP contribution < -0.4 is 15.0 Å². The van der Waals surface area contributed by atoms with Gasteiger partial charge in [-0.15, -0.1) is 11.3 Å². The minimum absolute atomic E-state index is 0.182. The lowest BCUT2D eigenvalue weighted by molar-refractivity contribution is 0.0983. The van der Waals surface area contributed by atoms with Crippen molar-refractivity contribution in [2.24, 2.45) is 0 Å². The lowest BCUT2D eigenvalue weighted by Crippen LogP contribution is -2.31. The SMILES string of the molecule is COc1cc(NC(=O)c2cc(F)ccc2C)ccc1C(=O)N1CCCCc2sc(Cl)cc21. The average Bonchev–Trinajstić information content (AvgIpc) is 3.03. The molecule has 0 atom stereocenters. The van der Waals surface area contributed by atoms with E-state index in [9.17, 15) is 14.0 Å². The van der Waals surface area contributed by atoms with Crippen LogP contribution in [-0.4, -0.2) is 25.5 Å². The third-order valence-electron chi connectivity index (χ3n) is 5.46. The number of ether oxygens (including phenoxy) is 1. The minimum Gasteiger partial charge on any atom is -0.496 e. The molecule has 0 saturated heterocycles. The van der Waals surface area contributed by atoms with Crippen LogP contribution in [0.4, 0.5) is 15.8 Å². The molecule has 32 heavy (non-hydrogen) atoms. The van der Waals surface area contributed by atoms with Crippen molar-refractivity contribution in [2.75, 3.05) is 23.9 Å². The molecule has 8 heteroatoms. The van der Waals surface area contributed by atoms with Gasteiger partial charge in [0.05, 0.1) is 22.7 Å². The predicted octanol–water partition coefficient (Wildman–Crippen LogP) is 6.09. The monoisotopic (exact) mass is 472 g/mol. The molecule has 0 unspecified atom stereocenters. The Bertz CT molecular complexity index is 1190. The molecule has 0 aliphatic carbocycles. The number of nitrogens with one attached hydrogen (secondary N) is 1. The number of carbonyl (C=O) groups is 2. The zero-order valence-corrected chi connectivity index (χ0v) is 19.3. The van der Waals surface area contributed by atoms with E-state index in [1.165, 1.54) is 30.6 Å². The number of aryl methyl sites for hydroxylation is 2. The molecule has 5 nitrogen and oxygen atoms in total. The fraction of sp³-hybridized carbons (Fsp3) is 0.250. The van der Waals surface area contributed by atoms with E-state index in [2.05, 4.69) is 5.32 Å². The summed E-state index contributed by atoms with van der Waals surface area (Å²) in [5.74, 6) is -0.757. The van der Waals surface area contributed by atoms with Gasteiger partial charge in [0, 0.05) is 28.7 Å². The molecule has 3 aromatic rings. The number of nitrogens with zero attached hydrogens (tertiary/aromatic N) is 1. The van der Waals surface area contributed by atoms with Crippen molar-refractivity contribution in [1.82, 2.24) is 0 Å². The highest BCUT2D eigenvalue weighted by molar-refractivity contribution is 7.16. The van der Waals surface area contributed by atoms with Gasteiger partial charge in [0.1, 0.15) is 11.6 Å². The van der Waals surface area contributed by atoms with Crippen LogP contribution in [0.15, 0.2) is 42.5 Å². The Labute approximate surface area is 194 Å². The topological polar surface area (TPSA) is 58.6 Å². The molecule has 2 heterocycles. The van der Waals surface area contributed by atoms with Gasteiger partial charge in [-0.2, -0.15) is 0 Å². The van der Waals surface area contributed by atoms with Crippen LogP contribution in [0.2, 0.25) is 4.34 Å². The molecule has 0 saturated carbocycles. The number of carbonyl (C=O) groups excluding carboxylic acids is 2. The Morgan fingerprint density at radius 1 is 1.12 bits per heavy atom. The highest BCUT2D eigenvalue weighted by Crippen LogP contribution is 2.38. The van der Waals surface area contributed by atoms with E-state index in [0.29, 0.717) is 33.4 Å². The number of methoxy groups -OCH3 is 1. The quantitative estimate of drug-likeness (QED) is 0.499. The van der Waals surface area contributed by atoms with E-state index >= 15 is 0 Å². The molecule has 0 fully saturated rings. The normalized spacial score (nSPS) is 13.3. The molecule has 2 amide bonds. The van der Waals surface area contributed by atoms with E-state index < -0.39 is 11.7 Å². The van der Waals surface area contributed by atoms with E-state index in [1.807, 2.05) is 6.07 Å². The maximum Gasteiger partial charge on any atom is 0.262 e. The van der Waals surface area contributed by atoms with Gasteiger partial charge in [-0.25, -0.2) is 4.39 Å². The second kappa shape index (κ2) is 9.30. The Morgan fingerprint density at radius 3 is 2.72 bits per heavy atom. The zero-order chi connectivity index (χ0) is 22.8. The van der Waals surface area contributed by atoms with Gasteiger partial charge in [0.2, 0.25) is 0 Å². The smallest absolute Gasteiger partial charge is 0.262 e. The Morgan fingerprint density at radius 2 is 1.94 bits per heavy atom. The number of amides is 2. The van der Waals surface area contributed by atoms with Crippen molar-refractivity contribution in [2.45, 2.75) is 26.2 Å². The largest absolute Gasteiger partial charge is 0.496 e. The fourth-order valence-corrected chi connectivity index (χ4v) is 5.12. The van der Waals surface area contributed by atoms with Crippen molar-refractivity contribution in [3.8, 4) is 5.75 Å². The first-order valence-electron chi connectivity index (χ1n) is 10.2. The van der Waals surface area contributed by atoms with E-state index in [-0.39, 0.29) is 11.5 Å². The van der Waals surface area contributed by atoms with Gasteiger partial charge < -0.3 is 15.0 Å². The summed E-state index contributed by atoms with van der Waals surface area (Å²) in [6.07, 6.45) is 2.79. The standard InChI is InChI=1S/C24H22ClFN2O3S/c1-14-6-7-15(26)11-18(14)23(29)27-16-8-9-17(20(12-16)31-2)24(30)28-10-4-3-5-21-19(28)13-22(25)32-21/h6-9,11-13H,3-5,10H2,1-2H3,(H,27,29). The van der Waals surface area contributed by atoms with Crippen LogP contribution in [0.5, 0.6) is 5.75 Å². The number of halogens is 2. The number of hydrogen-bond donors (Lipinski definition) is 1. The fourth-order valence-electron chi connectivity index (χ4n) is 3.81. The maximum absolute atomic E-state index is 13.6. The van der Waals surface area contributed by atoms with E-state index in [0.717, 1.165) is 29.8 Å². The lowest BCUT2D eigenvalue weighted by Gasteiger charge is -2.22. The first-order chi connectivity index (χ1) is 15.4. The van der Waals surface area contributed by atoms with Crippen molar-refractivity contribution >= 4 is 46.1 Å². The van der Waals surface area contributed by atoms with E-state index in [1.54, 1.807) is 36.1 Å². The number of anilines is 2. The highest BCUT2D eigenvalue weighted by atomic mass is 35.5. The second-order valence-corrected chi connectivity index (χ2v) is 9.37. The molecule has 0 spiro atoms. The lowest BCUT2D eigenvalue weighted by atomic mass is 10.1. The number of hydrogen-bond acceptors (Lipinski definition) is 4. The third-order valence-corrected chi connectivity index (χ3v) is 6.78. The number of thiophene rings is 1. The minimum atomic E-state index is -0.482. The Hall–Kier alpha value is -2.90. The van der Waals surface area contributed by atoms with Crippen LogP contribution in [0.1, 0.15) is 44.0 Å². The molecule has 1 N–H and O–H groups in total. The number of fused-ring (bicyclic) bond motifs is 1. The summed E-state index contributed by atoms with van der Waals surface area (Å²) < 4.78 is 19.7. The van der Waals surface area contributed by atoms with E-state index in [4.69, 9.17) is 16.3 Å². The maximum atomic E-state index is 13.6. The summed E-state index contributed by atoms with van der Waals surface area (Å²) >= 11 is 7.72. The first kappa shape index (κ1) is 22.3. The Kier molecular flexibility index (Phi) is 6.48. The summed E-state index contributed by atoms with van der Waals surface area (Å²) in [6.45, 7) is 2.34. The van der Waals surface area contributed by atoms with Crippen molar-refractivity contribution in [3.05, 3.63) is 74.2 Å². The number of benzene rings is 2. The van der Waals surface area contributed by atoms with Gasteiger partial charge >= 0.3 is 0 Å². The van der Waals surface area contributed by atoms with Crippen LogP contribution >= 0.6 is 22.9 Å². The molecule has 1 aliphatic heterocycles. The van der Waals surface area contributed by atoms with Crippen molar-refractivity contribution in [1.29, 1.82) is 0 Å². The van der Waals surface area contributed by atoms with Gasteiger partial charge in [-0.1, -0.05) is 17.7 Å². The summed E-state index contributed by atoms with van der Waals surface area (Å²) in [5.41, 5.74) is 2.60. The van der Waals surface area contributed by atoms with Gasteiger partial charge in [-0.05, 0) is 62.1 Å². The molecule has 4 rings (SSSR count). The van der Waals surface area contributed by atoms with Crippen LogP contribution in [0.3, 0.4) is 0 Å². The summed E-state index contributed by atoms with van der Waals surface area (Å²) in [6, 6.07) is 10.8. The van der Waals surface area contributed by atoms with Crippen molar-refractivity contribution in [3.63, 3.8) is 0 Å². The molecule has 1 aliphatic rings. The van der Waals surface area contributed by atoms with Crippen LogP contribution in [-0.2, 0) is 6.42 Å². The summed E-state index contributed by atoms with van der Waals surface area (Å²) in [4.78, 5) is 28.9. The number of rotatable bonds is 4. The predicted molar refractivity (Wildman–Crippen MR) is 126 cm³/mol. The van der Waals surface area contributed by atoms with Crippen molar-refractivity contribution < 1.29 is 18.7 Å². The van der Waals surface area contributed by atoms with Gasteiger partial charge in [-0.3, -0.25) is 9.59 Å². The molecule has 2 aromatic carbocycles.